The molecule has 0 aliphatic rings. The van der Waals surface area contributed by atoms with E-state index in [1.54, 1.807) is 6.26 Å². The Morgan fingerprint density at radius 1 is 1.07 bits per heavy atom. The summed E-state index contributed by atoms with van der Waals surface area (Å²) in [4.78, 5) is 0. The predicted octanol–water partition coefficient (Wildman–Crippen LogP) is 2.50. The molecule has 0 heterocycles. The molecule has 0 saturated heterocycles. The fourth-order valence-corrected chi connectivity index (χ4v) is 1.17. The molecule has 3 nitrogen and oxygen atoms in total. The Balaban J connectivity index is 2.97. The van der Waals surface area contributed by atoms with Gasteiger partial charge in [-0.3, -0.25) is 0 Å². The zero-order chi connectivity index (χ0) is 11.2. The van der Waals surface area contributed by atoms with Crippen LogP contribution < -0.4 is 0 Å². The first-order valence-electron chi connectivity index (χ1n) is 5.87. The molecule has 0 spiro atoms. The first-order valence-corrected chi connectivity index (χ1v) is 5.87. The molecule has 0 bridgehead atoms. The minimum Gasteiger partial charge on any atom is -0.499 e. The molecule has 3 heteroatoms. The Labute approximate surface area is 93.1 Å². The fourth-order valence-electron chi connectivity index (χ4n) is 1.17. The fraction of sp³-hybridized carbons (Fsp3) is 0.833. The van der Waals surface area contributed by atoms with Gasteiger partial charge in [-0.15, -0.1) is 0 Å². The van der Waals surface area contributed by atoms with Crippen molar-refractivity contribution in [2.45, 2.75) is 39.0 Å². The Morgan fingerprint density at radius 2 is 1.93 bits per heavy atom. The van der Waals surface area contributed by atoms with E-state index in [0.29, 0.717) is 19.8 Å². The summed E-state index contributed by atoms with van der Waals surface area (Å²) in [6.07, 6.45) is 10.1. The van der Waals surface area contributed by atoms with Crippen LogP contribution in [0.4, 0.5) is 0 Å². The molecule has 0 atom stereocenters. The summed E-state index contributed by atoms with van der Waals surface area (Å²) in [7, 11) is 0. The molecular formula is C12H24O3. The van der Waals surface area contributed by atoms with Gasteiger partial charge in [-0.25, -0.2) is 0 Å². The van der Waals surface area contributed by atoms with Crippen LogP contribution >= 0.6 is 0 Å². The number of unbranched alkanes of at least 4 members (excludes halogenated alkanes) is 4. The Morgan fingerprint density at radius 3 is 2.67 bits per heavy atom. The topological polar surface area (TPSA) is 38.7 Å². The Kier molecular flexibility index (Phi) is 13.0. The monoisotopic (exact) mass is 216 g/mol. The van der Waals surface area contributed by atoms with Gasteiger partial charge in [0.1, 0.15) is 6.61 Å². The second kappa shape index (κ2) is 13.5. The third kappa shape index (κ3) is 13.5. The lowest BCUT2D eigenvalue weighted by atomic mass is 10.1. The second-order valence-corrected chi connectivity index (χ2v) is 3.43. The average Bonchev–Trinajstić information content (AvgIpc) is 2.26. The number of rotatable bonds is 11. The van der Waals surface area contributed by atoms with Gasteiger partial charge in [0, 0.05) is 0 Å². The van der Waals surface area contributed by atoms with Crippen LogP contribution in [0, 0.1) is 0 Å². The van der Waals surface area contributed by atoms with E-state index in [0.717, 1.165) is 6.42 Å². The SMILES string of the molecule is CCCCCCC=COCCOCCO. The summed E-state index contributed by atoms with van der Waals surface area (Å²) < 4.78 is 10.2. The highest BCUT2D eigenvalue weighted by atomic mass is 16.5. The maximum absolute atomic E-state index is 8.43. The van der Waals surface area contributed by atoms with Crippen LogP contribution in [-0.2, 0) is 9.47 Å². The molecular weight excluding hydrogens is 192 g/mol. The van der Waals surface area contributed by atoms with Crippen molar-refractivity contribution in [2.75, 3.05) is 26.4 Å². The standard InChI is InChI=1S/C12H24O3/c1-2-3-4-5-6-7-9-14-11-12-15-10-8-13/h7,9,13H,2-6,8,10-12H2,1H3. The highest BCUT2D eigenvalue weighted by Crippen LogP contribution is 2.02. The smallest absolute Gasteiger partial charge is 0.111 e. The van der Waals surface area contributed by atoms with Gasteiger partial charge in [0.15, 0.2) is 0 Å². The van der Waals surface area contributed by atoms with Crippen LogP contribution in [0.3, 0.4) is 0 Å². The molecule has 0 aromatic carbocycles. The van der Waals surface area contributed by atoms with Gasteiger partial charge in [0.05, 0.1) is 26.1 Å². The molecule has 0 unspecified atom stereocenters. The van der Waals surface area contributed by atoms with Crippen LogP contribution in [0.15, 0.2) is 12.3 Å². The summed E-state index contributed by atoms with van der Waals surface area (Å²) in [5.41, 5.74) is 0. The van der Waals surface area contributed by atoms with E-state index in [1.807, 2.05) is 0 Å². The quantitative estimate of drug-likeness (QED) is 0.426. The maximum Gasteiger partial charge on any atom is 0.111 e. The Hall–Kier alpha value is -0.540. The molecule has 0 amide bonds. The summed E-state index contributed by atoms with van der Waals surface area (Å²) >= 11 is 0. The summed E-state index contributed by atoms with van der Waals surface area (Å²) in [6.45, 7) is 3.79. The lowest BCUT2D eigenvalue weighted by Crippen LogP contribution is -2.04. The van der Waals surface area contributed by atoms with Gasteiger partial charge in [-0.1, -0.05) is 26.2 Å². The van der Waals surface area contributed by atoms with Crippen molar-refractivity contribution < 1.29 is 14.6 Å². The van der Waals surface area contributed by atoms with Crippen LogP contribution in [0.1, 0.15) is 39.0 Å². The zero-order valence-corrected chi connectivity index (χ0v) is 9.78. The van der Waals surface area contributed by atoms with Crippen molar-refractivity contribution in [3.63, 3.8) is 0 Å². The van der Waals surface area contributed by atoms with Crippen molar-refractivity contribution in [3.8, 4) is 0 Å². The Bertz CT molecular complexity index is 135. The maximum atomic E-state index is 8.43. The summed E-state index contributed by atoms with van der Waals surface area (Å²) in [6, 6.07) is 0. The minimum atomic E-state index is 0.0767. The molecule has 0 saturated carbocycles. The van der Waals surface area contributed by atoms with E-state index < -0.39 is 0 Å². The van der Waals surface area contributed by atoms with E-state index in [2.05, 4.69) is 13.0 Å². The first-order chi connectivity index (χ1) is 7.41. The largest absolute Gasteiger partial charge is 0.499 e. The van der Waals surface area contributed by atoms with Gasteiger partial charge in [-0.05, 0) is 18.9 Å². The lowest BCUT2D eigenvalue weighted by Gasteiger charge is -2.01. The molecule has 0 aromatic heterocycles. The third-order valence-corrected chi connectivity index (χ3v) is 2.00. The molecule has 0 fully saturated rings. The summed E-state index contributed by atoms with van der Waals surface area (Å²) in [5.74, 6) is 0. The van der Waals surface area contributed by atoms with Crippen molar-refractivity contribution in [3.05, 3.63) is 12.3 Å². The van der Waals surface area contributed by atoms with Crippen LogP contribution in [0.2, 0.25) is 0 Å². The van der Waals surface area contributed by atoms with E-state index in [-0.39, 0.29) is 6.61 Å². The predicted molar refractivity (Wildman–Crippen MR) is 61.8 cm³/mol. The number of hydrogen-bond donors (Lipinski definition) is 1. The van der Waals surface area contributed by atoms with Gasteiger partial charge in [-0.2, -0.15) is 0 Å². The number of hydrogen-bond acceptors (Lipinski definition) is 3. The van der Waals surface area contributed by atoms with Gasteiger partial charge in [0.25, 0.3) is 0 Å². The molecule has 1 N–H and O–H groups in total. The van der Waals surface area contributed by atoms with Crippen LogP contribution in [-0.4, -0.2) is 31.5 Å². The summed E-state index contributed by atoms with van der Waals surface area (Å²) in [5, 5.41) is 8.43. The highest BCUT2D eigenvalue weighted by molar-refractivity contribution is 4.72. The molecule has 90 valence electrons. The van der Waals surface area contributed by atoms with Crippen molar-refractivity contribution >= 4 is 0 Å². The molecule has 0 aliphatic carbocycles. The van der Waals surface area contributed by atoms with Gasteiger partial charge in [0.2, 0.25) is 0 Å². The van der Waals surface area contributed by atoms with E-state index in [4.69, 9.17) is 14.6 Å². The lowest BCUT2D eigenvalue weighted by molar-refractivity contribution is 0.0600. The zero-order valence-electron chi connectivity index (χ0n) is 9.78. The third-order valence-electron chi connectivity index (χ3n) is 2.00. The molecule has 15 heavy (non-hydrogen) atoms. The number of aliphatic hydroxyl groups is 1. The molecule has 0 aromatic rings. The highest BCUT2D eigenvalue weighted by Gasteiger charge is 1.86. The van der Waals surface area contributed by atoms with Crippen molar-refractivity contribution in [1.82, 2.24) is 0 Å². The first kappa shape index (κ1) is 14.5. The van der Waals surface area contributed by atoms with Crippen LogP contribution in [0.25, 0.3) is 0 Å². The van der Waals surface area contributed by atoms with E-state index in [1.165, 1.54) is 25.7 Å². The second-order valence-electron chi connectivity index (χ2n) is 3.43. The van der Waals surface area contributed by atoms with E-state index in [9.17, 15) is 0 Å². The number of allylic oxidation sites excluding steroid dienone is 1. The molecule has 0 rings (SSSR count). The number of ether oxygens (including phenoxy) is 2. The normalized spacial score (nSPS) is 11.1. The van der Waals surface area contributed by atoms with E-state index >= 15 is 0 Å². The molecule has 0 aliphatic heterocycles. The average molecular weight is 216 g/mol. The van der Waals surface area contributed by atoms with Crippen LogP contribution in [0.5, 0.6) is 0 Å². The minimum absolute atomic E-state index is 0.0767. The van der Waals surface area contributed by atoms with Crippen molar-refractivity contribution in [2.24, 2.45) is 0 Å². The van der Waals surface area contributed by atoms with Gasteiger partial charge < -0.3 is 14.6 Å². The number of aliphatic hydroxyl groups excluding tert-OH is 1. The molecule has 0 radical (unpaired) electrons. The van der Waals surface area contributed by atoms with Gasteiger partial charge >= 0.3 is 0 Å². The van der Waals surface area contributed by atoms with Crippen molar-refractivity contribution in [1.29, 1.82) is 0 Å².